The number of likely N-dealkylation sites (tertiary alicyclic amines) is 1. The van der Waals surface area contributed by atoms with Crippen LogP contribution in [0.25, 0.3) is 0 Å². The number of hydrogen-bond acceptors (Lipinski definition) is 11. The molecule has 1 saturated heterocycles. The Bertz CT molecular complexity index is 2010. The van der Waals surface area contributed by atoms with Gasteiger partial charge in [0, 0.05) is 25.9 Å². The first kappa shape index (κ1) is 55.4. The maximum atomic E-state index is 14.4. The molecule has 0 aromatic heterocycles. The monoisotopic (exact) mass is 947 g/mol. The number of ether oxygens (including phenoxy) is 3. The van der Waals surface area contributed by atoms with E-state index in [-0.39, 0.29) is 57.7 Å². The van der Waals surface area contributed by atoms with Crippen molar-refractivity contribution in [2.45, 2.75) is 147 Å². The number of alkyl carbamates (subject to hydrolysis) is 2. The van der Waals surface area contributed by atoms with Crippen molar-refractivity contribution in [1.29, 1.82) is 0 Å². The van der Waals surface area contributed by atoms with E-state index in [2.05, 4.69) is 26.6 Å². The van der Waals surface area contributed by atoms with E-state index in [0.717, 1.165) is 19.2 Å². The molecule has 0 aliphatic carbocycles. The van der Waals surface area contributed by atoms with E-state index in [1.807, 2.05) is 13.8 Å². The number of amides is 6. The van der Waals surface area contributed by atoms with Crippen molar-refractivity contribution in [2.75, 3.05) is 26.7 Å². The van der Waals surface area contributed by atoms with Crippen LogP contribution in [0.2, 0.25) is 0 Å². The Kier molecular flexibility index (Phi) is 20.0. The first-order valence-electron chi connectivity index (χ1n) is 22.3. The second kappa shape index (κ2) is 24.2. The number of esters is 1. The molecule has 20 heteroatoms. The molecule has 3 rings (SSSR count). The quantitative estimate of drug-likeness (QED) is 0.0606. The second-order valence-electron chi connectivity index (χ2n) is 19.1. The van der Waals surface area contributed by atoms with Gasteiger partial charge >= 0.3 is 24.3 Å². The minimum atomic E-state index is -4.55. The molecule has 1 fully saturated rings. The largest absolute Gasteiger partial charge is 0.467 e. The normalized spacial score (nSPS) is 17.0. The Morgan fingerprint density at radius 3 is 1.85 bits per heavy atom. The number of nitrogens with two attached hydrogens (primary N) is 1. The molecule has 2 aromatic rings. The van der Waals surface area contributed by atoms with Gasteiger partial charge in [-0.05, 0) is 103 Å². The van der Waals surface area contributed by atoms with E-state index in [9.17, 15) is 46.7 Å². The summed E-state index contributed by atoms with van der Waals surface area (Å²) in [7, 11) is 1.15. The summed E-state index contributed by atoms with van der Waals surface area (Å²) in [6, 6.07) is 7.98. The van der Waals surface area contributed by atoms with Crippen LogP contribution in [0.4, 0.5) is 22.8 Å². The molecule has 2 aromatic carbocycles. The van der Waals surface area contributed by atoms with Gasteiger partial charge in [-0.3, -0.25) is 19.2 Å². The highest BCUT2D eigenvalue weighted by molar-refractivity contribution is 5.95. The standard InChI is InChI=1S/C47H68F3N7O10/c1-29(2)25-35(55-39(60)36(27-30-15-11-10-12-16-30)54-37(58)33(51)26-31-18-20-32(21-19-31)47(48,49)50)38(59)53-34(17-13-14-23-52-42(63)66-44(3,4)5)40(61)57-24-22-46(28-57,41(62)65-9)56-43(64)67-45(6,7)8/h10-12,15-16,18-21,29,33-36H,13-14,17,22-28,51H2,1-9H3,(H,52,63)(H,53,59)(H,54,58)(H,55,60)(H,56,64)/t33-,34-,35-,36-,46?/m1/s1. The molecule has 0 spiro atoms. The maximum absolute atomic E-state index is 14.4. The summed E-state index contributed by atoms with van der Waals surface area (Å²) < 4.78 is 55.1. The van der Waals surface area contributed by atoms with Crippen LogP contribution in [0, 0.1) is 5.92 Å². The first-order chi connectivity index (χ1) is 31.1. The number of carbonyl (C=O) groups excluding carboxylic acids is 7. The molecule has 1 aliphatic heterocycles. The van der Waals surface area contributed by atoms with E-state index < -0.39 is 94.4 Å². The summed E-state index contributed by atoms with van der Waals surface area (Å²) in [6.07, 6.45) is -5.40. The van der Waals surface area contributed by atoms with Gasteiger partial charge in [0.1, 0.15) is 29.3 Å². The number of nitrogens with zero attached hydrogens (tertiary/aromatic N) is 1. The second-order valence-corrected chi connectivity index (χ2v) is 19.1. The van der Waals surface area contributed by atoms with Crippen LogP contribution in [0.1, 0.15) is 104 Å². The third-order valence-electron chi connectivity index (χ3n) is 10.4. The average molecular weight is 948 g/mol. The van der Waals surface area contributed by atoms with Crippen molar-refractivity contribution in [2.24, 2.45) is 11.7 Å². The molecular formula is C47H68F3N7O10. The maximum Gasteiger partial charge on any atom is 0.416 e. The van der Waals surface area contributed by atoms with Crippen molar-refractivity contribution in [3.05, 3.63) is 71.3 Å². The lowest BCUT2D eigenvalue weighted by Gasteiger charge is -2.31. The number of unbranched alkanes of at least 4 members (excludes halogenated alkanes) is 1. The molecule has 6 amide bonds. The molecule has 372 valence electrons. The summed E-state index contributed by atoms with van der Waals surface area (Å²) in [5.41, 5.74) is 3.08. The molecule has 1 heterocycles. The lowest BCUT2D eigenvalue weighted by molar-refractivity contribution is -0.148. The summed E-state index contributed by atoms with van der Waals surface area (Å²) in [6.45, 7) is 13.6. The lowest BCUT2D eigenvalue weighted by atomic mass is 9.99. The third kappa shape index (κ3) is 18.7. The van der Waals surface area contributed by atoms with Crippen LogP contribution >= 0.6 is 0 Å². The number of carbonyl (C=O) groups is 7. The van der Waals surface area contributed by atoms with Crippen LogP contribution in [-0.4, -0.2) is 114 Å². The van der Waals surface area contributed by atoms with Crippen LogP contribution in [0.5, 0.6) is 0 Å². The number of nitrogens with one attached hydrogen (secondary N) is 5. The van der Waals surface area contributed by atoms with Crippen LogP contribution in [-0.2, 0) is 57.2 Å². The first-order valence-corrected chi connectivity index (χ1v) is 22.3. The lowest BCUT2D eigenvalue weighted by Crippen LogP contribution is -2.60. The summed E-state index contributed by atoms with van der Waals surface area (Å²) in [4.78, 5) is 96.1. The van der Waals surface area contributed by atoms with Gasteiger partial charge in [0.05, 0.1) is 25.3 Å². The highest BCUT2D eigenvalue weighted by Gasteiger charge is 2.50. The van der Waals surface area contributed by atoms with E-state index in [0.29, 0.717) is 24.0 Å². The van der Waals surface area contributed by atoms with Crippen LogP contribution in [0.15, 0.2) is 54.6 Å². The Morgan fingerprint density at radius 2 is 1.28 bits per heavy atom. The van der Waals surface area contributed by atoms with E-state index in [1.54, 1.807) is 71.9 Å². The number of alkyl halides is 3. The van der Waals surface area contributed by atoms with Gasteiger partial charge in [-0.2, -0.15) is 13.2 Å². The van der Waals surface area contributed by atoms with Crippen LogP contribution < -0.4 is 32.3 Å². The Labute approximate surface area is 390 Å². The molecular weight excluding hydrogens is 880 g/mol. The highest BCUT2D eigenvalue weighted by atomic mass is 19.4. The number of methoxy groups -OCH3 is 1. The van der Waals surface area contributed by atoms with Crippen molar-refractivity contribution in [1.82, 2.24) is 31.5 Å². The van der Waals surface area contributed by atoms with Gasteiger partial charge in [-0.1, -0.05) is 56.3 Å². The molecule has 0 saturated carbocycles. The van der Waals surface area contributed by atoms with Gasteiger partial charge < -0.3 is 51.4 Å². The van der Waals surface area contributed by atoms with Gasteiger partial charge in [-0.25, -0.2) is 14.4 Å². The van der Waals surface area contributed by atoms with E-state index in [1.165, 1.54) is 17.0 Å². The zero-order chi connectivity index (χ0) is 50.3. The number of rotatable bonds is 20. The fraction of sp³-hybridized carbons (Fsp3) is 0.596. The molecule has 17 nitrogen and oxygen atoms in total. The Balaban J connectivity index is 1.87. The minimum Gasteiger partial charge on any atom is -0.467 e. The summed E-state index contributed by atoms with van der Waals surface area (Å²) in [5, 5.41) is 13.5. The fourth-order valence-corrected chi connectivity index (χ4v) is 7.23. The Morgan fingerprint density at radius 1 is 0.731 bits per heavy atom. The summed E-state index contributed by atoms with van der Waals surface area (Å²) >= 11 is 0. The molecule has 0 radical (unpaired) electrons. The van der Waals surface area contributed by atoms with Gasteiger partial charge in [0.15, 0.2) is 5.54 Å². The summed E-state index contributed by atoms with van der Waals surface area (Å²) in [5.74, 6) is -3.78. The van der Waals surface area contributed by atoms with Gasteiger partial charge in [0.2, 0.25) is 23.6 Å². The third-order valence-corrected chi connectivity index (χ3v) is 10.4. The minimum absolute atomic E-state index is 0.00960. The fourth-order valence-electron chi connectivity index (χ4n) is 7.23. The average Bonchev–Trinajstić information content (AvgIpc) is 3.65. The molecule has 5 atom stereocenters. The zero-order valence-corrected chi connectivity index (χ0v) is 39.9. The number of benzene rings is 2. The van der Waals surface area contributed by atoms with Crippen molar-refractivity contribution in [3.8, 4) is 0 Å². The SMILES string of the molecule is COC(=O)C1(NC(=O)OC(C)(C)C)CCN(C(=O)[C@@H](CCCCNC(=O)OC(C)(C)C)NC(=O)[C@@H](CC(C)C)NC(=O)[C@@H](Cc2ccccc2)NC(=O)[C@H](N)Cc2ccc(C(F)(F)F)cc2)C1. The Hall–Kier alpha value is -5.92. The molecule has 1 aliphatic rings. The van der Waals surface area contributed by atoms with E-state index in [4.69, 9.17) is 19.9 Å². The van der Waals surface area contributed by atoms with Crippen molar-refractivity contribution in [3.63, 3.8) is 0 Å². The molecule has 0 bridgehead atoms. The molecule has 67 heavy (non-hydrogen) atoms. The van der Waals surface area contributed by atoms with Gasteiger partial charge in [0.25, 0.3) is 0 Å². The van der Waals surface area contributed by atoms with E-state index >= 15 is 0 Å². The topological polar surface area (TPSA) is 237 Å². The van der Waals surface area contributed by atoms with Crippen LogP contribution in [0.3, 0.4) is 0 Å². The zero-order valence-electron chi connectivity index (χ0n) is 39.9. The molecule has 1 unspecified atom stereocenters. The van der Waals surface area contributed by atoms with Crippen molar-refractivity contribution < 1.29 is 60.9 Å². The molecule has 7 N–H and O–H groups in total. The number of hydrogen-bond donors (Lipinski definition) is 6. The highest BCUT2D eigenvalue weighted by Crippen LogP contribution is 2.29. The van der Waals surface area contributed by atoms with Gasteiger partial charge in [-0.15, -0.1) is 0 Å². The smallest absolute Gasteiger partial charge is 0.416 e. The predicted molar refractivity (Wildman–Crippen MR) is 242 cm³/mol. The predicted octanol–water partition coefficient (Wildman–Crippen LogP) is 4.68. The number of halogens is 3. The van der Waals surface area contributed by atoms with Crippen molar-refractivity contribution >= 4 is 41.8 Å².